The minimum atomic E-state index is -0.391. The van der Waals surface area contributed by atoms with Gasteiger partial charge in [0.2, 0.25) is 11.8 Å². The lowest BCUT2D eigenvalue weighted by Gasteiger charge is -2.21. The zero-order chi connectivity index (χ0) is 17.0. The van der Waals surface area contributed by atoms with Crippen molar-refractivity contribution >= 4 is 39.4 Å². The van der Waals surface area contributed by atoms with Crippen molar-refractivity contribution in [3.05, 3.63) is 28.7 Å². The predicted octanol–water partition coefficient (Wildman–Crippen LogP) is 1.82. The van der Waals surface area contributed by atoms with Crippen LogP contribution in [-0.4, -0.2) is 49.9 Å². The van der Waals surface area contributed by atoms with Gasteiger partial charge in [-0.05, 0) is 28.1 Å². The fourth-order valence-electron chi connectivity index (χ4n) is 2.56. The fraction of sp³-hybridized carbons (Fsp3) is 0.438. The Balaban J connectivity index is 2.00. The highest BCUT2D eigenvalue weighted by Gasteiger charge is 2.37. The van der Waals surface area contributed by atoms with Crippen molar-refractivity contribution in [1.82, 2.24) is 4.90 Å². The lowest BCUT2D eigenvalue weighted by atomic mass is 10.1. The maximum absolute atomic E-state index is 12.4. The number of halogens is 1. The van der Waals surface area contributed by atoms with Gasteiger partial charge in [0.05, 0.1) is 25.1 Å². The van der Waals surface area contributed by atoms with E-state index in [9.17, 15) is 14.4 Å². The molecule has 1 aromatic carbocycles. The Morgan fingerprint density at radius 1 is 1.39 bits per heavy atom. The normalized spacial score (nSPS) is 17.3. The minimum absolute atomic E-state index is 0.0726. The first-order chi connectivity index (χ1) is 10.9. The van der Waals surface area contributed by atoms with Crippen LogP contribution in [0, 0.1) is 5.92 Å². The smallest absolute Gasteiger partial charge is 0.307 e. The molecule has 0 saturated carbocycles. The second-order valence-corrected chi connectivity index (χ2v) is 6.30. The lowest BCUT2D eigenvalue weighted by Crippen LogP contribution is -2.36. The molecule has 1 heterocycles. The third kappa shape index (κ3) is 4.10. The Bertz CT molecular complexity index is 620. The third-order valence-electron chi connectivity index (χ3n) is 3.87. The molecule has 1 fully saturated rings. The number of methoxy groups -OCH3 is 1. The highest BCUT2D eigenvalue weighted by atomic mass is 79.9. The number of carbonyl (C=O) groups is 3. The Hall–Kier alpha value is -1.89. The Labute approximate surface area is 143 Å². The van der Waals surface area contributed by atoms with Crippen LogP contribution < -0.4 is 4.90 Å². The summed E-state index contributed by atoms with van der Waals surface area (Å²) < 4.78 is 5.39. The van der Waals surface area contributed by atoms with Crippen LogP contribution in [0.2, 0.25) is 0 Å². The molecule has 2 rings (SSSR count). The second kappa shape index (κ2) is 7.59. The molecule has 0 spiro atoms. The van der Waals surface area contributed by atoms with E-state index in [1.807, 2.05) is 24.3 Å². The van der Waals surface area contributed by atoms with Crippen LogP contribution in [0.15, 0.2) is 28.7 Å². The van der Waals surface area contributed by atoms with Gasteiger partial charge in [0.1, 0.15) is 0 Å². The number of hydrogen-bond acceptors (Lipinski definition) is 4. The average molecular weight is 383 g/mol. The van der Waals surface area contributed by atoms with Gasteiger partial charge in [-0.25, -0.2) is 0 Å². The van der Waals surface area contributed by atoms with Crippen LogP contribution in [0.4, 0.5) is 5.69 Å². The number of ether oxygens (including phenoxy) is 1. The van der Waals surface area contributed by atoms with Gasteiger partial charge in [0, 0.05) is 31.0 Å². The molecule has 1 unspecified atom stereocenters. The number of carbonyl (C=O) groups excluding carboxylic acids is 3. The fourth-order valence-corrected chi connectivity index (χ4v) is 3.06. The molecule has 1 aromatic rings. The largest absolute Gasteiger partial charge is 0.469 e. The van der Waals surface area contributed by atoms with Gasteiger partial charge in [0.15, 0.2) is 0 Å². The Morgan fingerprint density at radius 2 is 2.09 bits per heavy atom. The van der Waals surface area contributed by atoms with Crippen LogP contribution in [0.1, 0.15) is 12.8 Å². The molecule has 1 atom stereocenters. The molecule has 7 heteroatoms. The van der Waals surface area contributed by atoms with E-state index < -0.39 is 5.92 Å². The molecule has 0 aromatic heterocycles. The molecule has 1 aliphatic heterocycles. The summed E-state index contributed by atoms with van der Waals surface area (Å²) in [4.78, 5) is 38.9. The van der Waals surface area contributed by atoms with Crippen LogP contribution >= 0.6 is 15.9 Å². The number of benzene rings is 1. The number of anilines is 1. The highest BCUT2D eigenvalue weighted by Crippen LogP contribution is 2.31. The molecule has 0 radical (unpaired) electrons. The second-order valence-electron chi connectivity index (χ2n) is 5.44. The van der Waals surface area contributed by atoms with Crippen LogP contribution in [-0.2, 0) is 19.1 Å². The zero-order valence-electron chi connectivity index (χ0n) is 13.1. The molecule has 0 bridgehead atoms. The van der Waals surface area contributed by atoms with E-state index in [0.717, 1.165) is 10.2 Å². The van der Waals surface area contributed by atoms with E-state index in [2.05, 4.69) is 20.7 Å². The summed E-state index contributed by atoms with van der Waals surface area (Å²) in [6.45, 7) is 0.633. The first-order valence-corrected chi connectivity index (χ1v) is 8.10. The number of rotatable bonds is 5. The van der Waals surface area contributed by atoms with Gasteiger partial charge < -0.3 is 14.5 Å². The standard InChI is InChI=1S/C16H19BrN2O4/c1-18(8-7-15(21)23-2)16(22)11-9-14(20)19(10-11)13-6-4-3-5-12(13)17/h3-6,11H,7-10H2,1-2H3. The van der Waals surface area contributed by atoms with Gasteiger partial charge >= 0.3 is 5.97 Å². The number of amides is 2. The number of nitrogens with zero attached hydrogens (tertiary/aromatic N) is 2. The Morgan fingerprint density at radius 3 is 2.74 bits per heavy atom. The summed E-state index contributed by atoms with van der Waals surface area (Å²) in [5, 5.41) is 0. The molecule has 124 valence electrons. The predicted molar refractivity (Wildman–Crippen MR) is 88.9 cm³/mol. The summed E-state index contributed by atoms with van der Waals surface area (Å²) >= 11 is 3.43. The van der Waals surface area contributed by atoms with Crippen molar-refractivity contribution in [3.63, 3.8) is 0 Å². The summed E-state index contributed by atoms with van der Waals surface area (Å²) in [6.07, 6.45) is 0.329. The highest BCUT2D eigenvalue weighted by molar-refractivity contribution is 9.10. The summed E-state index contributed by atoms with van der Waals surface area (Å²) in [5.74, 6) is -0.951. The lowest BCUT2D eigenvalue weighted by molar-refractivity contribution is -0.142. The average Bonchev–Trinajstić information content (AvgIpc) is 2.93. The molecule has 1 aliphatic rings. The molecule has 0 aliphatic carbocycles. The molecule has 0 N–H and O–H groups in total. The van der Waals surface area contributed by atoms with Crippen molar-refractivity contribution in [3.8, 4) is 0 Å². The third-order valence-corrected chi connectivity index (χ3v) is 4.54. The molecular weight excluding hydrogens is 364 g/mol. The van der Waals surface area contributed by atoms with Crippen molar-refractivity contribution < 1.29 is 19.1 Å². The first kappa shape index (κ1) is 17.5. The number of para-hydroxylation sites is 1. The Kier molecular flexibility index (Phi) is 5.76. The van der Waals surface area contributed by atoms with Gasteiger partial charge in [-0.15, -0.1) is 0 Å². The number of hydrogen-bond donors (Lipinski definition) is 0. The summed E-state index contributed by atoms with van der Waals surface area (Å²) in [7, 11) is 2.95. The number of esters is 1. The van der Waals surface area contributed by atoms with Gasteiger partial charge in [-0.3, -0.25) is 14.4 Å². The summed E-state index contributed by atoms with van der Waals surface area (Å²) in [6, 6.07) is 7.43. The van der Waals surface area contributed by atoms with Crippen LogP contribution in [0.3, 0.4) is 0 Å². The van der Waals surface area contributed by atoms with E-state index in [4.69, 9.17) is 0 Å². The first-order valence-electron chi connectivity index (χ1n) is 7.30. The van der Waals surface area contributed by atoms with Crippen LogP contribution in [0.25, 0.3) is 0 Å². The van der Waals surface area contributed by atoms with Crippen LogP contribution in [0.5, 0.6) is 0 Å². The molecule has 2 amide bonds. The monoisotopic (exact) mass is 382 g/mol. The van der Waals surface area contributed by atoms with Gasteiger partial charge in [-0.1, -0.05) is 12.1 Å². The van der Waals surface area contributed by atoms with E-state index in [-0.39, 0.29) is 37.2 Å². The van der Waals surface area contributed by atoms with Gasteiger partial charge in [-0.2, -0.15) is 0 Å². The molecular formula is C16H19BrN2O4. The maximum Gasteiger partial charge on any atom is 0.307 e. The summed E-state index contributed by atoms with van der Waals surface area (Å²) in [5.41, 5.74) is 0.769. The molecule has 6 nitrogen and oxygen atoms in total. The topological polar surface area (TPSA) is 66.9 Å². The molecule has 23 heavy (non-hydrogen) atoms. The SMILES string of the molecule is COC(=O)CCN(C)C(=O)C1CC(=O)N(c2ccccc2Br)C1. The van der Waals surface area contributed by atoms with E-state index >= 15 is 0 Å². The van der Waals surface area contributed by atoms with Crippen molar-refractivity contribution in [1.29, 1.82) is 0 Å². The van der Waals surface area contributed by atoms with E-state index in [0.29, 0.717) is 6.54 Å². The van der Waals surface area contributed by atoms with Gasteiger partial charge in [0.25, 0.3) is 0 Å². The van der Waals surface area contributed by atoms with Crippen molar-refractivity contribution in [2.24, 2.45) is 5.92 Å². The van der Waals surface area contributed by atoms with E-state index in [1.54, 1.807) is 11.9 Å². The van der Waals surface area contributed by atoms with Crippen molar-refractivity contribution in [2.45, 2.75) is 12.8 Å². The molecule has 1 saturated heterocycles. The minimum Gasteiger partial charge on any atom is -0.469 e. The van der Waals surface area contributed by atoms with E-state index in [1.165, 1.54) is 12.0 Å². The maximum atomic E-state index is 12.4. The quantitative estimate of drug-likeness (QED) is 0.728. The van der Waals surface area contributed by atoms with Crippen molar-refractivity contribution in [2.75, 3.05) is 32.1 Å². The zero-order valence-corrected chi connectivity index (χ0v) is 14.7.